The number of hydrogen-bond acceptors (Lipinski definition) is 5. The van der Waals surface area contributed by atoms with Gasteiger partial charge in [-0.05, 0) is 59.2 Å². The Hall–Kier alpha value is -4.52. The third-order valence-electron chi connectivity index (χ3n) is 6.69. The van der Waals surface area contributed by atoms with Gasteiger partial charge in [-0.2, -0.15) is 0 Å². The number of carbonyl (C=O) groups is 1. The van der Waals surface area contributed by atoms with Crippen LogP contribution >= 0.6 is 11.6 Å². The molecule has 40 heavy (non-hydrogen) atoms. The van der Waals surface area contributed by atoms with E-state index in [4.69, 9.17) is 11.6 Å². The molecule has 2 aromatic heterocycles. The van der Waals surface area contributed by atoms with Crippen LogP contribution in [0.4, 0.5) is 11.5 Å². The Morgan fingerprint density at radius 3 is 2.15 bits per heavy atom. The molecule has 0 radical (unpaired) electrons. The van der Waals surface area contributed by atoms with Gasteiger partial charge in [0.25, 0.3) is 0 Å². The highest BCUT2D eigenvalue weighted by Gasteiger charge is 2.35. The summed E-state index contributed by atoms with van der Waals surface area (Å²) in [6.45, 7) is 0. The molecule has 0 fully saturated rings. The molecular formula is C33H29ClN4O2. The first kappa shape index (κ1) is 27.1. The van der Waals surface area contributed by atoms with Gasteiger partial charge in [-0.25, -0.2) is 4.98 Å². The van der Waals surface area contributed by atoms with Crippen molar-refractivity contribution >= 4 is 29.0 Å². The highest BCUT2D eigenvalue weighted by molar-refractivity contribution is 6.30. The lowest BCUT2D eigenvalue weighted by Crippen LogP contribution is -2.27. The van der Waals surface area contributed by atoms with Crippen molar-refractivity contribution in [1.82, 2.24) is 9.97 Å². The third kappa shape index (κ3) is 6.72. The summed E-state index contributed by atoms with van der Waals surface area (Å²) in [7, 11) is 0. The van der Waals surface area contributed by atoms with E-state index in [0.29, 0.717) is 22.2 Å². The maximum absolute atomic E-state index is 13.2. The van der Waals surface area contributed by atoms with Crippen LogP contribution in [-0.2, 0) is 11.2 Å². The number of aliphatic hydroxyl groups is 1. The van der Waals surface area contributed by atoms with E-state index in [1.807, 2.05) is 103 Å². The minimum absolute atomic E-state index is 0.163. The maximum atomic E-state index is 13.2. The number of aromatic nitrogens is 2. The first-order valence-electron chi connectivity index (χ1n) is 13.0. The van der Waals surface area contributed by atoms with Gasteiger partial charge in [0.05, 0.1) is 24.5 Å². The SMILES string of the molecule is O=C(Cc1ccc(Cl)cc1)Nc1ccccc1[C@@H](Nc1ccccn1)[C@H](c1ccccn1)[C@H](O)c1ccccc1. The zero-order valence-electron chi connectivity index (χ0n) is 21.7. The standard InChI is InChI=1S/C33H29ClN4O2/c34-25-18-16-23(17-19-25)22-30(39)37-27-13-5-4-12-26(27)32(38-29-15-7-9-21-36-29)31(28-14-6-8-20-35-28)33(40)24-10-2-1-3-11-24/h1-21,31-33,40H,22H2,(H,36,38)(H,37,39)/t31-,32+,33+/m0/s1. The van der Waals surface area contributed by atoms with Gasteiger partial charge >= 0.3 is 0 Å². The summed E-state index contributed by atoms with van der Waals surface area (Å²) in [6.07, 6.45) is 2.72. The second-order valence-corrected chi connectivity index (χ2v) is 9.85. The molecule has 0 spiro atoms. The highest BCUT2D eigenvalue weighted by atomic mass is 35.5. The normalized spacial score (nSPS) is 13.2. The van der Waals surface area contributed by atoms with Gasteiger partial charge in [0, 0.05) is 28.8 Å². The Morgan fingerprint density at radius 2 is 1.45 bits per heavy atom. The van der Waals surface area contributed by atoms with Gasteiger partial charge in [0.15, 0.2) is 0 Å². The summed E-state index contributed by atoms with van der Waals surface area (Å²) in [5.41, 5.74) is 3.75. The molecule has 1 amide bonds. The van der Waals surface area contributed by atoms with Crippen LogP contribution < -0.4 is 10.6 Å². The average Bonchev–Trinajstić information content (AvgIpc) is 3.00. The van der Waals surface area contributed by atoms with Crippen molar-refractivity contribution in [3.8, 4) is 0 Å². The number of pyridine rings is 2. The topological polar surface area (TPSA) is 87.1 Å². The summed E-state index contributed by atoms with van der Waals surface area (Å²) < 4.78 is 0. The Kier molecular flexibility index (Phi) is 8.81. The van der Waals surface area contributed by atoms with Crippen molar-refractivity contribution in [1.29, 1.82) is 0 Å². The van der Waals surface area contributed by atoms with Crippen LogP contribution in [0.2, 0.25) is 5.02 Å². The number of nitrogens with zero attached hydrogens (tertiary/aromatic N) is 2. The predicted octanol–water partition coefficient (Wildman–Crippen LogP) is 6.98. The molecule has 0 unspecified atom stereocenters. The summed E-state index contributed by atoms with van der Waals surface area (Å²) in [6, 6.07) is 35.1. The van der Waals surface area contributed by atoms with Gasteiger partial charge in [0.2, 0.25) is 5.91 Å². The van der Waals surface area contributed by atoms with Gasteiger partial charge in [-0.1, -0.05) is 84.4 Å². The average molecular weight is 549 g/mol. The minimum atomic E-state index is -0.907. The lowest BCUT2D eigenvalue weighted by molar-refractivity contribution is -0.115. The number of hydrogen-bond donors (Lipinski definition) is 3. The highest BCUT2D eigenvalue weighted by Crippen LogP contribution is 2.43. The quantitative estimate of drug-likeness (QED) is 0.175. The molecule has 200 valence electrons. The Bertz CT molecular complexity index is 1520. The number of benzene rings is 3. The van der Waals surface area contributed by atoms with Crippen LogP contribution in [0.1, 0.15) is 40.4 Å². The van der Waals surface area contributed by atoms with Gasteiger partial charge < -0.3 is 15.7 Å². The maximum Gasteiger partial charge on any atom is 0.228 e. The van der Waals surface area contributed by atoms with E-state index in [2.05, 4.69) is 20.6 Å². The molecule has 7 heteroatoms. The zero-order valence-corrected chi connectivity index (χ0v) is 22.4. The summed E-state index contributed by atoms with van der Waals surface area (Å²) >= 11 is 6.01. The molecule has 5 rings (SSSR count). The molecule has 6 nitrogen and oxygen atoms in total. The van der Waals surface area contributed by atoms with Crippen LogP contribution in [0.25, 0.3) is 0 Å². The molecule has 5 aromatic rings. The fraction of sp³-hybridized carbons (Fsp3) is 0.121. The summed E-state index contributed by atoms with van der Waals surface area (Å²) in [5, 5.41) is 19.1. The van der Waals surface area contributed by atoms with Crippen LogP contribution in [0.15, 0.2) is 128 Å². The molecular weight excluding hydrogens is 520 g/mol. The molecule has 0 saturated carbocycles. The molecule has 3 aromatic carbocycles. The van der Waals surface area contributed by atoms with Crippen LogP contribution in [0.5, 0.6) is 0 Å². The lowest BCUT2D eigenvalue weighted by Gasteiger charge is -2.33. The number of para-hydroxylation sites is 1. The molecule has 0 aliphatic rings. The first-order valence-corrected chi connectivity index (χ1v) is 13.4. The number of rotatable bonds is 10. The van der Waals surface area contributed by atoms with E-state index < -0.39 is 18.1 Å². The third-order valence-corrected chi connectivity index (χ3v) is 6.94. The van der Waals surface area contributed by atoms with E-state index in [9.17, 15) is 9.90 Å². The molecule has 0 bridgehead atoms. The number of anilines is 2. The molecule has 3 N–H and O–H groups in total. The Morgan fingerprint density at radius 1 is 0.775 bits per heavy atom. The smallest absolute Gasteiger partial charge is 0.228 e. The van der Waals surface area contributed by atoms with E-state index in [1.54, 1.807) is 24.5 Å². The van der Waals surface area contributed by atoms with Gasteiger partial charge in [-0.3, -0.25) is 9.78 Å². The molecule has 2 heterocycles. The Labute approximate surface area is 238 Å². The van der Waals surface area contributed by atoms with E-state index in [-0.39, 0.29) is 12.3 Å². The summed E-state index contributed by atoms with van der Waals surface area (Å²) in [4.78, 5) is 22.3. The van der Waals surface area contributed by atoms with Crippen molar-refractivity contribution in [3.05, 3.63) is 155 Å². The molecule has 0 saturated heterocycles. The largest absolute Gasteiger partial charge is 0.388 e. The van der Waals surface area contributed by atoms with Gasteiger partial charge in [0.1, 0.15) is 5.82 Å². The van der Waals surface area contributed by atoms with Crippen molar-refractivity contribution < 1.29 is 9.90 Å². The van der Waals surface area contributed by atoms with E-state index in [1.165, 1.54) is 0 Å². The van der Waals surface area contributed by atoms with Gasteiger partial charge in [-0.15, -0.1) is 0 Å². The first-order chi connectivity index (χ1) is 19.6. The van der Waals surface area contributed by atoms with Crippen LogP contribution in [-0.4, -0.2) is 21.0 Å². The molecule has 0 aliphatic carbocycles. The minimum Gasteiger partial charge on any atom is -0.388 e. The number of halogens is 1. The zero-order chi connectivity index (χ0) is 27.7. The number of carbonyl (C=O) groups excluding carboxylic acids is 1. The van der Waals surface area contributed by atoms with E-state index in [0.717, 1.165) is 16.7 Å². The van der Waals surface area contributed by atoms with Crippen molar-refractivity contribution in [2.24, 2.45) is 0 Å². The number of aliphatic hydroxyl groups excluding tert-OH is 1. The fourth-order valence-corrected chi connectivity index (χ4v) is 4.90. The van der Waals surface area contributed by atoms with Crippen molar-refractivity contribution in [3.63, 3.8) is 0 Å². The number of amides is 1. The van der Waals surface area contributed by atoms with E-state index >= 15 is 0 Å². The van der Waals surface area contributed by atoms with Crippen molar-refractivity contribution in [2.45, 2.75) is 24.5 Å². The number of nitrogens with one attached hydrogen (secondary N) is 2. The predicted molar refractivity (Wildman–Crippen MR) is 159 cm³/mol. The molecule has 0 aliphatic heterocycles. The summed E-state index contributed by atoms with van der Waals surface area (Å²) in [5.74, 6) is -0.0553. The fourth-order valence-electron chi connectivity index (χ4n) is 4.78. The molecule has 3 atom stereocenters. The van der Waals surface area contributed by atoms with Crippen molar-refractivity contribution in [2.75, 3.05) is 10.6 Å². The second kappa shape index (κ2) is 13.0. The Balaban J connectivity index is 1.56. The van der Waals surface area contributed by atoms with Crippen LogP contribution in [0, 0.1) is 0 Å². The lowest BCUT2D eigenvalue weighted by atomic mass is 9.82. The second-order valence-electron chi connectivity index (χ2n) is 9.41. The monoisotopic (exact) mass is 548 g/mol. The van der Waals surface area contributed by atoms with Crippen LogP contribution in [0.3, 0.4) is 0 Å².